The fourth-order valence-electron chi connectivity index (χ4n) is 4.25. The molecule has 1 aliphatic heterocycles. The van der Waals surface area contributed by atoms with Crippen LogP contribution in [-0.2, 0) is 4.74 Å². The summed E-state index contributed by atoms with van der Waals surface area (Å²) in [6.07, 6.45) is 5.32. The van der Waals surface area contributed by atoms with Gasteiger partial charge in [-0.3, -0.25) is 4.90 Å². The molecule has 1 N–H and O–H groups in total. The van der Waals surface area contributed by atoms with Crippen molar-refractivity contribution in [2.75, 3.05) is 32.8 Å². The van der Waals surface area contributed by atoms with Crippen LogP contribution in [0.1, 0.15) is 44.2 Å². The maximum Gasteiger partial charge on any atom is 0.0594 e. The molecule has 1 aromatic rings. The number of hydrogen-bond donors (Lipinski definition) is 1. The zero-order valence-electron chi connectivity index (χ0n) is 13.2. The van der Waals surface area contributed by atoms with E-state index in [1.54, 1.807) is 0 Å². The Kier molecular flexibility index (Phi) is 4.94. The lowest BCUT2D eigenvalue weighted by Gasteiger charge is -2.48. The van der Waals surface area contributed by atoms with Crippen LogP contribution in [-0.4, -0.2) is 43.3 Å². The minimum Gasteiger partial charge on any atom is -0.379 e. The van der Waals surface area contributed by atoms with Crippen LogP contribution in [0.3, 0.4) is 0 Å². The van der Waals surface area contributed by atoms with E-state index >= 15 is 0 Å². The molecule has 1 saturated carbocycles. The number of morpholine rings is 1. The second kappa shape index (κ2) is 6.91. The van der Waals surface area contributed by atoms with Crippen molar-refractivity contribution in [1.29, 1.82) is 0 Å². The van der Waals surface area contributed by atoms with Gasteiger partial charge in [-0.05, 0) is 24.9 Å². The smallest absolute Gasteiger partial charge is 0.0594 e. The lowest BCUT2D eigenvalue weighted by molar-refractivity contribution is -0.0361. The Morgan fingerprint density at radius 2 is 1.81 bits per heavy atom. The Morgan fingerprint density at radius 3 is 2.43 bits per heavy atom. The predicted molar refractivity (Wildman–Crippen MR) is 86.5 cm³/mol. The van der Waals surface area contributed by atoms with Crippen LogP contribution in [0.15, 0.2) is 30.3 Å². The summed E-state index contributed by atoms with van der Waals surface area (Å²) in [5, 5.41) is 3.80. The first-order chi connectivity index (χ1) is 10.4. The Morgan fingerprint density at radius 1 is 1.14 bits per heavy atom. The number of nitrogens with zero attached hydrogens (tertiary/aromatic N) is 1. The van der Waals surface area contributed by atoms with Gasteiger partial charge in [0.15, 0.2) is 0 Å². The van der Waals surface area contributed by atoms with Crippen molar-refractivity contribution >= 4 is 0 Å². The summed E-state index contributed by atoms with van der Waals surface area (Å²) in [6, 6.07) is 11.5. The van der Waals surface area contributed by atoms with Gasteiger partial charge >= 0.3 is 0 Å². The van der Waals surface area contributed by atoms with E-state index in [4.69, 9.17) is 4.74 Å². The molecule has 3 nitrogen and oxygen atoms in total. The van der Waals surface area contributed by atoms with Crippen molar-refractivity contribution in [2.24, 2.45) is 0 Å². The summed E-state index contributed by atoms with van der Waals surface area (Å²) < 4.78 is 5.59. The van der Waals surface area contributed by atoms with Crippen molar-refractivity contribution in [3.8, 4) is 0 Å². The second-order valence-corrected chi connectivity index (χ2v) is 6.31. The Balaban J connectivity index is 1.92. The van der Waals surface area contributed by atoms with E-state index in [9.17, 15) is 0 Å². The maximum atomic E-state index is 5.59. The molecule has 3 heteroatoms. The van der Waals surface area contributed by atoms with Crippen LogP contribution in [0.4, 0.5) is 0 Å². The largest absolute Gasteiger partial charge is 0.379 e. The van der Waals surface area contributed by atoms with E-state index in [1.165, 1.54) is 31.2 Å². The molecule has 0 spiro atoms. The van der Waals surface area contributed by atoms with Gasteiger partial charge in [0, 0.05) is 18.6 Å². The second-order valence-electron chi connectivity index (χ2n) is 6.31. The number of hydrogen-bond acceptors (Lipinski definition) is 3. The normalized spacial score (nSPS) is 24.0. The van der Waals surface area contributed by atoms with Gasteiger partial charge in [-0.15, -0.1) is 0 Å². The van der Waals surface area contributed by atoms with Crippen LogP contribution in [0.25, 0.3) is 0 Å². The third kappa shape index (κ3) is 3.01. The quantitative estimate of drug-likeness (QED) is 0.901. The van der Waals surface area contributed by atoms with Gasteiger partial charge in [-0.25, -0.2) is 0 Å². The molecule has 1 aliphatic carbocycles. The average Bonchev–Trinajstić information content (AvgIpc) is 3.05. The third-order valence-electron chi connectivity index (χ3n) is 5.19. The highest BCUT2D eigenvalue weighted by Gasteiger charge is 2.46. The Bertz CT molecular complexity index is 422. The van der Waals surface area contributed by atoms with E-state index < -0.39 is 0 Å². The van der Waals surface area contributed by atoms with Gasteiger partial charge < -0.3 is 10.1 Å². The van der Waals surface area contributed by atoms with Crippen LogP contribution in [0, 0.1) is 0 Å². The molecular weight excluding hydrogens is 260 g/mol. The number of benzene rings is 1. The maximum absolute atomic E-state index is 5.59. The summed E-state index contributed by atoms with van der Waals surface area (Å²) in [5.41, 5.74) is 1.72. The highest BCUT2D eigenvalue weighted by atomic mass is 16.5. The van der Waals surface area contributed by atoms with Gasteiger partial charge in [0.2, 0.25) is 0 Å². The zero-order chi connectivity index (χ0) is 14.5. The summed E-state index contributed by atoms with van der Waals surface area (Å²) in [6.45, 7) is 7.16. The lowest BCUT2D eigenvalue weighted by atomic mass is 9.81. The number of ether oxygens (including phenoxy) is 1. The third-order valence-corrected chi connectivity index (χ3v) is 5.19. The van der Waals surface area contributed by atoms with Crippen LogP contribution in [0.2, 0.25) is 0 Å². The SMILES string of the molecule is CCNC(c1ccccc1)C1(N2CCOCC2)CCCC1. The summed E-state index contributed by atoms with van der Waals surface area (Å²) in [5.74, 6) is 0. The monoisotopic (exact) mass is 288 g/mol. The first-order valence-electron chi connectivity index (χ1n) is 8.48. The molecule has 21 heavy (non-hydrogen) atoms. The first-order valence-corrected chi connectivity index (χ1v) is 8.48. The van der Waals surface area contributed by atoms with Crippen molar-refractivity contribution in [2.45, 2.75) is 44.2 Å². The van der Waals surface area contributed by atoms with Gasteiger partial charge in [-0.2, -0.15) is 0 Å². The molecule has 0 bridgehead atoms. The van der Waals surface area contributed by atoms with Crippen molar-refractivity contribution in [3.05, 3.63) is 35.9 Å². The standard InChI is InChI=1S/C18H28N2O/c1-2-19-17(16-8-4-3-5-9-16)18(10-6-7-11-18)20-12-14-21-15-13-20/h3-5,8-9,17,19H,2,6-7,10-15H2,1H3. The fourth-order valence-corrected chi connectivity index (χ4v) is 4.25. The van der Waals surface area contributed by atoms with Gasteiger partial charge in [0.1, 0.15) is 0 Å². The van der Waals surface area contributed by atoms with Gasteiger partial charge in [0.05, 0.1) is 19.3 Å². The predicted octanol–water partition coefficient (Wildman–Crippen LogP) is 2.98. The highest BCUT2D eigenvalue weighted by Crippen LogP contribution is 2.44. The molecule has 3 rings (SSSR count). The molecule has 0 radical (unpaired) electrons. The van der Waals surface area contributed by atoms with E-state index in [2.05, 4.69) is 47.5 Å². The minimum atomic E-state index is 0.279. The molecule has 1 saturated heterocycles. The molecule has 0 aromatic heterocycles. The number of rotatable bonds is 5. The first kappa shape index (κ1) is 15.0. The van der Waals surface area contributed by atoms with Gasteiger partial charge in [0.25, 0.3) is 0 Å². The van der Waals surface area contributed by atoms with Gasteiger partial charge in [-0.1, -0.05) is 50.1 Å². The molecule has 2 fully saturated rings. The molecule has 1 heterocycles. The average molecular weight is 288 g/mol. The highest BCUT2D eigenvalue weighted by molar-refractivity contribution is 5.24. The molecular formula is C18H28N2O. The molecule has 0 amide bonds. The Hall–Kier alpha value is -0.900. The van der Waals surface area contributed by atoms with Crippen molar-refractivity contribution < 1.29 is 4.74 Å². The zero-order valence-corrected chi connectivity index (χ0v) is 13.2. The summed E-state index contributed by atoms with van der Waals surface area (Å²) in [4.78, 5) is 2.71. The number of nitrogens with one attached hydrogen (secondary N) is 1. The van der Waals surface area contributed by atoms with Crippen LogP contribution in [0.5, 0.6) is 0 Å². The minimum absolute atomic E-state index is 0.279. The molecule has 1 unspecified atom stereocenters. The summed E-state index contributed by atoms with van der Waals surface area (Å²) in [7, 11) is 0. The van der Waals surface area contributed by atoms with Crippen molar-refractivity contribution in [1.82, 2.24) is 10.2 Å². The molecule has 116 valence electrons. The Labute approximate surface area is 128 Å². The van der Waals surface area contributed by atoms with E-state index in [0.717, 1.165) is 32.8 Å². The lowest BCUT2D eigenvalue weighted by Crippen LogP contribution is -2.58. The topological polar surface area (TPSA) is 24.5 Å². The molecule has 1 aromatic carbocycles. The molecule has 1 atom stereocenters. The van der Waals surface area contributed by atoms with E-state index in [0.29, 0.717) is 6.04 Å². The van der Waals surface area contributed by atoms with Crippen LogP contribution >= 0.6 is 0 Å². The van der Waals surface area contributed by atoms with Crippen molar-refractivity contribution in [3.63, 3.8) is 0 Å². The summed E-state index contributed by atoms with van der Waals surface area (Å²) >= 11 is 0. The van der Waals surface area contributed by atoms with E-state index in [-0.39, 0.29) is 5.54 Å². The fraction of sp³-hybridized carbons (Fsp3) is 0.667. The number of likely N-dealkylation sites (N-methyl/N-ethyl adjacent to an activating group) is 1. The molecule has 2 aliphatic rings. The van der Waals surface area contributed by atoms with Crippen LogP contribution < -0.4 is 5.32 Å². The van der Waals surface area contributed by atoms with E-state index in [1.807, 2.05) is 0 Å².